The number of ether oxygens (including phenoxy) is 2. The zero-order valence-corrected chi connectivity index (χ0v) is 9.27. The Morgan fingerprint density at radius 3 is 2.71 bits per heavy atom. The molecule has 0 amide bonds. The van der Waals surface area contributed by atoms with E-state index in [1.807, 2.05) is 6.92 Å². The van der Waals surface area contributed by atoms with Crippen LogP contribution >= 0.6 is 0 Å². The van der Waals surface area contributed by atoms with Crippen LogP contribution in [0.15, 0.2) is 23.0 Å². The molecule has 5 nitrogen and oxygen atoms in total. The van der Waals surface area contributed by atoms with E-state index in [1.54, 1.807) is 16.7 Å². The van der Waals surface area contributed by atoms with Gasteiger partial charge in [-0.15, -0.1) is 0 Å². The minimum Gasteiger partial charge on any atom is -0.507 e. The first-order valence-corrected chi connectivity index (χ1v) is 5.37. The number of hydrogen-bond donors (Lipinski definition) is 1. The summed E-state index contributed by atoms with van der Waals surface area (Å²) in [6.45, 7) is 2.58. The highest BCUT2D eigenvalue weighted by molar-refractivity contribution is 5.88. The lowest BCUT2D eigenvalue weighted by molar-refractivity contribution is 0.174. The fourth-order valence-electron chi connectivity index (χ4n) is 2.08. The summed E-state index contributed by atoms with van der Waals surface area (Å²) in [7, 11) is 0. The van der Waals surface area contributed by atoms with E-state index in [-0.39, 0.29) is 18.1 Å². The molecule has 5 heteroatoms. The molecular formula is C12H11NO4. The first-order chi connectivity index (χ1) is 8.20. The molecule has 2 heterocycles. The van der Waals surface area contributed by atoms with E-state index in [4.69, 9.17) is 9.47 Å². The van der Waals surface area contributed by atoms with E-state index in [2.05, 4.69) is 0 Å². The molecule has 2 aromatic rings. The molecule has 0 aliphatic carbocycles. The van der Waals surface area contributed by atoms with Gasteiger partial charge in [0.25, 0.3) is 5.56 Å². The molecule has 0 saturated carbocycles. The fourth-order valence-corrected chi connectivity index (χ4v) is 2.08. The Bertz CT molecular complexity index is 660. The number of nitrogens with zero attached hydrogens (tertiary/aromatic N) is 1. The number of aromatic hydroxyl groups is 1. The van der Waals surface area contributed by atoms with Gasteiger partial charge in [0, 0.05) is 24.1 Å². The van der Waals surface area contributed by atoms with Crippen molar-refractivity contribution in [2.45, 2.75) is 13.5 Å². The van der Waals surface area contributed by atoms with Gasteiger partial charge >= 0.3 is 0 Å². The van der Waals surface area contributed by atoms with Crippen LogP contribution in [0.4, 0.5) is 0 Å². The van der Waals surface area contributed by atoms with Crippen molar-refractivity contribution >= 4 is 10.9 Å². The highest BCUT2D eigenvalue weighted by atomic mass is 16.7. The van der Waals surface area contributed by atoms with Crippen molar-refractivity contribution in [3.05, 3.63) is 28.6 Å². The smallest absolute Gasteiger partial charge is 0.254 e. The number of aromatic nitrogens is 1. The maximum absolute atomic E-state index is 11.7. The minimum absolute atomic E-state index is 0.0343. The van der Waals surface area contributed by atoms with Gasteiger partial charge in [0.15, 0.2) is 11.5 Å². The lowest BCUT2D eigenvalue weighted by Gasteiger charge is -2.09. The van der Waals surface area contributed by atoms with Crippen LogP contribution in [-0.4, -0.2) is 16.5 Å². The third kappa shape index (κ3) is 1.35. The van der Waals surface area contributed by atoms with Crippen molar-refractivity contribution < 1.29 is 14.6 Å². The Labute approximate surface area is 96.8 Å². The average molecular weight is 233 g/mol. The monoisotopic (exact) mass is 233 g/mol. The van der Waals surface area contributed by atoms with E-state index in [0.717, 1.165) is 0 Å². The Hall–Kier alpha value is -2.17. The molecule has 0 atom stereocenters. The van der Waals surface area contributed by atoms with E-state index >= 15 is 0 Å². The normalized spacial score (nSPS) is 13.2. The molecule has 1 aromatic heterocycles. The number of hydrogen-bond acceptors (Lipinski definition) is 4. The lowest BCUT2D eigenvalue weighted by atomic mass is 10.1. The Morgan fingerprint density at radius 2 is 2.00 bits per heavy atom. The zero-order valence-electron chi connectivity index (χ0n) is 9.27. The van der Waals surface area contributed by atoms with E-state index in [9.17, 15) is 9.90 Å². The molecule has 0 saturated heterocycles. The molecule has 0 bridgehead atoms. The van der Waals surface area contributed by atoms with Crippen molar-refractivity contribution in [3.8, 4) is 17.2 Å². The van der Waals surface area contributed by atoms with Crippen LogP contribution in [0.25, 0.3) is 10.9 Å². The minimum atomic E-state index is -0.226. The van der Waals surface area contributed by atoms with Gasteiger partial charge in [-0.1, -0.05) is 0 Å². The summed E-state index contributed by atoms with van der Waals surface area (Å²) in [5.74, 6) is 1.16. The van der Waals surface area contributed by atoms with Gasteiger partial charge < -0.3 is 19.1 Å². The van der Waals surface area contributed by atoms with Crippen LogP contribution in [0.5, 0.6) is 17.2 Å². The van der Waals surface area contributed by atoms with Crippen LogP contribution in [0, 0.1) is 0 Å². The molecular weight excluding hydrogens is 222 g/mol. The van der Waals surface area contributed by atoms with Crippen LogP contribution in [0.2, 0.25) is 0 Å². The number of pyridine rings is 1. The number of benzene rings is 1. The van der Waals surface area contributed by atoms with Crippen LogP contribution in [-0.2, 0) is 6.54 Å². The second kappa shape index (κ2) is 3.41. The third-order valence-electron chi connectivity index (χ3n) is 2.90. The highest BCUT2D eigenvalue weighted by Gasteiger charge is 2.17. The molecule has 17 heavy (non-hydrogen) atoms. The number of rotatable bonds is 1. The molecule has 88 valence electrons. The molecule has 1 aliphatic heterocycles. The van der Waals surface area contributed by atoms with Gasteiger partial charge in [0.2, 0.25) is 6.79 Å². The van der Waals surface area contributed by atoms with E-state index in [0.29, 0.717) is 28.9 Å². The first kappa shape index (κ1) is 10.0. The van der Waals surface area contributed by atoms with Crippen molar-refractivity contribution in [3.63, 3.8) is 0 Å². The third-order valence-corrected chi connectivity index (χ3v) is 2.90. The predicted molar refractivity (Wildman–Crippen MR) is 61.7 cm³/mol. The topological polar surface area (TPSA) is 60.7 Å². The summed E-state index contributed by atoms with van der Waals surface area (Å²) < 4.78 is 12.1. The summed E-state index contributed by atoms with van der Waals surface area (Å²) in [4.78, 5) is 11.7. The molecule has 0 unspecified atom stereocenters. The molecule has 0 radical (unpaired) electrons. The van der Waals surface area contributed by atoms with Crippen LogP contribution < -0.4 is 15.0 Å². The van der Waals surface area contributed by atoms with E-state index in [1.165, 1.54) is 6.07 Å². The van der Waals surface area contributed by atoms with Gasteiger partial charge in [-0.3, -0.25) is 4.79 Å². The van der Waals surface area contributed by atoms with Gasteiger partial charge in [0.1, 0.15) is 5.75 Å². The SMILES string of the molecule is CCn1c(=O)cc(O)c2cc3c(cc21)OCO3. The largest absolute Gasteiger partial charge is 0.507 e. The zero-order chi connectivity index (χ0) is 12.0. The number of aryl methyl sites for hydroxylation is 1. The molecule has 0 spiro atoms. The second-order valence-electron chi connectivity index (χ2n) is 3.83. The second-order valence-corrected chi connectivity index (χ2v) is 3.83. The maximum atomic E-state index is 11.7. The summed E-state index contributed by atoms with van der Waals surface area (Å²) in [6, 6.07) is 4.63. The Balaban J connectivity index is 2.45. The fraction of sp³-hybridized carbons (Fsp3) is 0.250. The van der Waals surface area contributed by atoms with Gasteiger partial charge in [-0.25, -0.2) is 0 Å². The first-order valence-electron chi connectivity index (χ1n) is 5.37. The van der Waals surface area contributed by atoms with Gasteiger partial charge in [-0.05, 0) is 13.0 Å². The summed E-state index contributed by atoms with van der Waals surface area (Å²) >= 11 is 0. The summed E-state index contributed by atoms with van der Waals surface area (Å²) in [5.41, 5.74) is 0.429. The van der Waals surface area contributed by atoms with Crippen molar-refractivity contribution in [1.29, 1.82) is 0 Å². The molecule has 0 fully saturated rings. The summed E-state index contributed by atoms with van der Waals surface area (Å²) in [6.07, 6.45) is 0. The van der Waals surface area contributed by atoms with Crippen LogP contribution in [0.1, 0.15) is 6.92 Å². The van der Waals surface area contributed by atoms with Gasteiger partial charge in [-0.2, -0.15) is 0 Å². The van der Waals surface area contributed by atoms with Crippen molar-refractivity contribution in [1.82, 2.24) is 4.57 Å². The highest BCUT2D eigenvalue weighted by Crippen LogP contribution is 2.38. The predicted octanol–water partition coefficient (Wildman–Crippen LogP) is 1.46. The average Bonchev–Trinajstić information content (AvgIpc) is 2.74. The van der Waals surface area contributed by atoms with Crippen molar-refractivity contribution in [2.24, 2.45) is 0 Å². The number of fused-ring (bicyclic) bond motifs is 2. The Kier molecular flexibility index (Phi) is 2.01. The van der Waals surface area contributed by atoms with Crippen LogP contribution in [0.3, 0.4) is 0 Å². The molecule has 3 rings (SSSR count). The van der Waals surface area contributed by atoms with Crippen molar-refractivity contribution in [2.75, 3.05) is 6.79 Å². The standard InChI is InChI=1S/C12H11NO4/c1-2-13-8-4-11-10(16-6-17-11)3-7(8)9(14)5-12(13)15/h3-5,14H,2,6H2,1H3. The quantitative estimate of drug-likeness (QED) is 0.810. The Morgan fingerprint density at radius 1 is 1.29 bits per heavy atom. The lowest BCUT2D eigenvalue weighted by Crippen LogP contribution is -2.18. The summed E-state index contributed by atoms with van der Waals surface area (Å²) in [5, 5.41) is 10.4. The maximum Gasteiger partial charge on any atom is 0.254 e. The molecule has 1 aliphatic rings. The molecule has 1 aromatic carbocycles. The molecule has 1 N–H and O–H groups in total. The van der Waals surface area contributed by atoms with E-state index < -0.39 is 0 Å². The van der Waals surface area contributed by atoms with Gasteiger partial charge in [0.05, 0.1) is 5.52 Å².